The van der Waals surface area contributed by atoms with Gasteiger partial charge in [-0.25, -0.2) is 4.79 Å². The maximum Gasteiger partial charge on any atom is 0.407 e. The molecule has 0 unspecified atom stereocenters. The van der Waals surface area contributed by atoms with Crippen LogP contribution < -0.4 is 39.8 Å². The Bertz CT molecular complexity index is 2960. The van der Waals surface area contributed by atoms with Gasteiger partial charge in [0.25, 0.3) is 11.8 Å². The maximum absolute atomic E-state index is 14.1. The summed E-state index contributed by atoms with van der Waals surface area (Å²) in [5.41, 5.74) is 7.41. The third-order valence-electron chi connectivity index (χ3n) is 14.0. The first kappa shape index (κ1) is 51.7. The number of benzene rings is 4. The SMILES string of the molecule is COC(=O)N[C@H](C(=O)N[C@@H](C)C(=O)Nc1ccc(C2=CN3C(=O)c4cc(OC)c(OCCCOc5cc6c(cc5OC)C(=O)N5C=C(c7ccc(N8CCN(C)CC8)cc7)C[C@H]5C=N6)cc4N=C[C@@H]3C2)cc1)C(C)C. The number of likely N-dealkylation sites (N-methyl/N-ethyl adjacent to an activating group) is 1. The molecule has 9 rings (SSSR count). The molecule has 19 nitrogen and oxygen atoms in total. The molecule has 1 fully saturated rings. The number of nitrogens with zero attached hydrogens (tertiary/aromatic N) is 6. The first-order valence-electron chi connectivity index (χ1n) is 25.2. The van der Waals surface area contributed by atoms with Gasteiger partial charge in [0.05, 0.1) is 69.1 Å². The molecule has 4 aromatic carbocycles. The van der Waals surface area contributed by atoms with Crippen LogP contribution in [0.4, 0.5) is 27.5 Å². The largest absolute Gasteiger partial charge is 0.493 e. The Kier molecular flexibility index (Phi) is 15.5. The Morgan fingerprint density at radius 2 is 1.16 bits per heavy atom. The minimum atomic E-state index is -0.896. The molecule has 0 saturated carbocycles. The summed E-state index contributed by atoms with van der Waals surface area (Å²) in [5.74, 6) is 0.0772. The molecule has 75 heavy (non-hydrogen) atoms. The standard InChI is InChI=1S/C56H63N9O10/c1-33(2)51(61-56(70)73-7)53(67)59-34(3)52(66)60-39-13-9-35(10-14-39)37-23-41-29-57-45-27-49(47(71-5)25-43(45)54(68)64(41)31-37)74-21-8-22-75-50-28-46-44(26-48(50)72-6)55(69)65-32-38(24-42(65)30-58-46)36-11-15-40(16-12-36)63-19-17-62(4)18-20-63/h9-16,25-34,41-42,51H,8,17-24H2,1-7H3,(H,59,67)(H,60,66)(H,61,70)/t34-,41-,42-,51-/m0/s1. The molecule has 4 atom stereocenters. The van der Waals surface area contributed by atoms with Crippen molar-refractivity contribution in [3.63, 3.8) is 0 Å². The number of piperazine rings is 1. The number of amides is 5. The minimum Gasteiger partial charge on any atom is -0.493 e. The molecule has 1 saturated heterocycles. The van der Waals surface area contributed by atoms with E-state index in [0.717, 1.165) is 48.5 Å². The maximum atomic E-state index is 14.1. The van der Waals surface area contributed by atoms with Gasteiger partial charge in [-0.1, -0.05) is 38.1 Å². The molecular weight excluding hydrogens is 959 g/mol. The predicted octanol–water partition coefficient (Wildman–Crippen LogP) is 7.07. The second kappa shape index (κ2) is 22.5. The molecule has 5 aliphatic heterocycles. The smallest absolute Gasteiger partial charge is 0.407 e. The number of rotatable bonds is 17. The topological polar surface area (TPSA) is 205 Å². The van der Waals surface area contributed by atoms with Crippen molar-refractivity contribution >= 4 is 76.0 Å². The summed E-state index contributed by atoms with van der Waals surface area (Å²) in [5, 5.41) is 7.96. The average molecular weight is 1020 g/mol. The summed E-state index contributed by atoms with van der Waals surface area (Å²) in [7, 11) is 6.42. The highest BCUT2D eigenvalue weighted by molar-refractivity contribution is 6.07. The molecular formula is C56H63N9O10. The highest BCUT2D eigenvalue weighted by Crippen LogP contribution is 2.42. The van der Waals surface area contributed by atoms with E-state index in [1.807, 2.05) is 30.7 Å². The lowest BCUT2D eigenvalue weighted by Gasteiger charge is -2.34. The molecule has 0 aromatic heterocycles. The second-order valence-electron chi connectivity index (χ2n) is 19.4. The van der Waals surface area contributed by atoms with Gasteiger partial charge in [-0.3, -0.25) is 29.2 Å². The van der Waals surface area contributed by atoms with Crippen molar-refractivity contribution in [1.82, 2.24) is 25.3 Å². The fourth-order valence-electron chi connectivity index (χ4n) is 9.62. The number of carbonyl (C=O) groups is 5. The zero-order valence-electron chi connectivity index (χ0n) is 43.3. The summed E-state index contributed by atoms with van der Waals surface area (Å²) in [6.45, 7) is 9.71. The molecule has 0 aliphatic carbocycles. The van der Waals surface area contributed by atoms with Crippen molar-refractivity contribution in [2.45, 2.75) is 64.2 Å². The van der Waals surface area contributed by atoms with Crippen molar-refractivity contribution in [2.75, 3.05) is 78.0 Å². The summed E-state index contributed by atoms with van der Waals surface area (Å²) in [4.78, 5) is 83.3. The van der Waals surface area contributed by atoms with Crippen molar-refractivity contribution in [2.24, 2.45) is 15.9 Å². The van der Waals surface area contributed by atoms with Crippen LogP contribution in [0.25, 0.3) is 11.1 Å². The van der Waals surface area contributed by atoms with E-state index >= 15 is 0 Å². The normalized spacial score (nSPS) is 18.6. The zero-order chi connectivity index (χ0) is 52.9. The fourth-order valence-corrected chi connectivity index (χ4v) is 9.62. The number of ether oxygens (including phenoxy) is 5. The zero-order valence-corrected chi connectivity index (χ0v) is 43.3. The van der Waals surface area contributed by atoms with Crippen LogP contribution >= 0.6 is 0 Å². The summed E-state index contributed by atoms with van der Waals surface area (Å²) in [6, 6.07) is 20.3. The molecule has 4 aromatic rings. The first-order valence-corrected chi connectivity index (χ1v) is 25.2. The molecule has 5 amide bonds. The third-order valence-corrected chi connectivity index (χ3v) is 14.0. The molecule has 5 aliphatic rings. The van der Waals surface area contributed by atoms with Crippen LogP contribution in [-0.2, 0) is 14.3 Å². The third kappa shape index (κ3) is 11.3. The van der Waals surface area contributed by atoms with E-state index in [2.05, 4.69) is 61.8 Å². The first-order chi connectivity index (χ1) is 36.2. The number of carbonyl (C=O) groups excluding carboxylic acids is 5. The average Bonchev–Trinajstić information content (AvgIpc) is 4.00. The van der Waals surface area contributed by atoms with Crippen molar-refractivity contribution in [1.29, 1.82) is 0 Å². The van der Waals surface area contributed by atoms with Crippen molar-refractivity contribution < 1.29 is 47.7 Å². The van der Waals surface area contributed by atoms with Gasteiger partial charge in [-0.2, -0.15) is 0 Å². The van der Waals surface area contributed by atoms with Crippen LogP contribution in [0.3, 0.4) is 0 Å². The Morgan fingerprint density at radius 1 is 0.653 bits per heavy atom. The van der Waals surface area contributed by atoms with Crippen molar-refractivity contribution in [3.05, 3.63) is 107 Å². The molecule has 5 heterocycles. The van der Waals surface area contributed by atoms with Gasteiger partial charge in [0.1, 0.15) is 12.1 Å². The van der Waals surface area contributed by atoms with Crippen LogP contribution in [0, 0.1) is 5.92 Å². The molecule has 19 heteroatoms. The Balaban J connectivity index is 0.775. The number of hydrogen-bond acceptors (Lipinski definition) is 14. The number of methoxy groups -OCH3 is 3. The molecule has 0 bridgehead atoms. The lowest BCUT2D eigenvalue weighted by molar-refractivity contribution is -0.128. The van der Waals surface area contributed by atoms with Crippen LogP contribution in [0.1, 0.15) is 71.9 Å². The van der Waals surface area contributed by atoms with Crippen LogP contribution in [0.5, 0.6) is 23.0 Å². The predicted molar refractivity (Wildman–Crippen MR) is 286 cm³/mol. The fraction of sp³-hybridized carbons (Fsp3) is 0.375. The van der Waals surface area contributed by atoms with Gasteiger partial charge in [0, 0.05) is 93.8 Å². The van der Waals surface area contributed by atoms with Gasteiger partial charge >= 0.3 is 6.09 Å². The number of aliphatic imine (C=N–C) groups is 2. The lowest BCUT2D eigenvalue weighted by atomic mass is 10.0. The van der Waals surface area contributed by atoms with E-state index in [0.29, 0.717) is 70.4 Å². The number of alkyl carbamates (subject to hydrolysis) is 1. The number of fused-ring (bicyclic) bond motifs is 4. The summed E-state index contributed by atoms with van der Waals surface area (Å²) < 4.78 is 28.4. The summed E-state index contributed by atoms with van der Waals surface area (Å²) in [6.07, 6.45) is 8.25. The van der Waals surface area contributed by atoms with Gasteiger partial charge in [-0.15, -0.1) is 0 Å². The monoisotopic (exact) mass is 1020 g/mol. The molecule has 392 valence electrons. The van der Waals surface area contributed by atoms with Gasteiger partial charge in [0.2, 0.25) is 11.8 Å². The van der Waals surface area contributed by atoms with Crippen molar-refractivity contribution in [3.8, 4) is 23.0 Å². The van der Waals surface area contributed by atoms with Gasteiger partial charge < -0.3 is 59.2 Å². The van der Waals surface area contributed by atoms with Gasteiger partial charge in [-0.05, 0) is 78.6 Å². The van der Waals surface area contributed by atoms with E-state index in [4.69, 9.17) is 28.9 Å². The van der Waals surface area contributed by atoms with Crippen LogP contribution in [0.15, 0.2) is 95.2 Å². The van der Waals surface area contributed by atoms with Crippen LogP contribution in [-0.4, -0.2) is 149 Å². The van der Waals surface area contributed by atoms with E-state index in [9.17, 15) is 24.0 Å². The lowest BCUT2D eigenvalue weighted by Crippen LogP contribution is -2.53. The Hall–Kier alpha value is -8.19. The Labute approximate surface area is 436 Å². The molecule has 0 spiro atoms. The van der Waals surface area contributed by atoms with E-state index < -0.39 is 30.0 Å². The van der Waals surface area contributed by atoms with Crippen LogP contribution in [0.2, 0.25) is 0 Å². The van der Waals surface area contributed by atoms with E-state index in [1.165, 1.54) is 19.9 Å². The van der Waals surface area contributed by atoms with E-state index in [-0.39, 0.29) is 43.0 Å². The highest BCUT2D eigenvalue weighted by Gasteiger charge is 2.36. The van der Waals surface area contributed by atoms with Gasteiger partial charge in [0.15, 0.2) is 23.0 Å². The quantitative estimate of drug-likeness (QED) is 0.0909. The second-order valence-corrected chi connectivity index (χ2v) is 19.4. The minimum absolute atomic E-state index is 0.156. The summed E-state index contributed by atoms with van der Waals surface area (Å²) >= 11 is 0. The number of anilines is 2. The highest BCUT2D eigenvalue weighted by atomic mass is 16.5. The Morgan fingerprint density at radius 3 is 1.64 bits per heavy atom. The number of nitrogens with one attached hydrogen (secondary N) is 3. The molecule has 0 radical (unpaired) electrons. The van der Waals surface area contributed by atoms with E-state index in [1.54, 1.807) is 80.3 Å². The number of hydrogen-bond donors (Lipinski definition) is 3. The molecule has 3 N–H and O–H groups in total.